The quantitative estimate of drug-likeness (QED) is 0.709. The van der Waals surface area contributed by atoms with Crippen LogP contribution in [-0.2, 0) is 10.1 Å². The lowest BCUT2D eigenvalue weighted by Crippen LogP contribution is -2.28. The minimum atomic E-state index is -4.11. The Morgan fingerprint density at radius 3 is 2.56 bits per heavy atom. The molecule has 1 amide bonds. The van der Waals surface area contributed by atoms with E-state index in [1.165, 1.54) is 11.3 Å². The first-order valence-electron chi connectivity index (χ1n) is 7.91. The van der Waals surface area contributed by atoms with Gasteiger partial charge in [0.05, 0.1) is 21.6 Å². The van der Waals surface area contributed by atoms with Gasteiger partial charge in [0, 0.05) is 18.0 Å². The van der Waals surface area contributed by atoms with Crippen LogP contribution >= 0.6 is 11.3 Å². The summed E-state index contributed by atoms with van der Waals surface area (Å²) in [6.45, 7) is 7.70. The Kier molecular flexibility index (Phi) is 6.02. The average molecular weight is 386 g/mol. The first-order valence-corrected chi connectivity index (χ1v) is 10.3. The van der Waals surface area contributed by atoms with Gasteiger partial charge < -0.3 is 10.1 Å². The number of amides is 1. The Morgan fingerprint density at radius 2 is 2.00 bits per heavy atom. The SMILES string of the molecule is CC(C)Oc1cc(C(=O)NCCS(=O)(=O)O)cc2sc(C(C)C)nc12. The normalized spacial score (nSPS) is 12.1. The second-order valence-electron chi connectivity index (χ2n) is 6.24. The minimum absolute atomic E-state index is 0.0785. The number of fused-ring (bicyclic) bond motifs is 1. The summed E-state index contributed by atoms with van der Waals surface area (Å²) < 4.78 is 36.9. The minimum Gasteiger partial charge on any atom is -0.489 e. The molecule has 7 nitrogen and oxygen atoms in total. The summed E-state index contributed by atoms with van der Waals surface area (Å²) in [5.74, 6) is -0.181. The molecule has 0 aliphatic rings. The number of hydrogen-bond acceptors (Lipinski definition) is 6. The Labute approximate surface area is 151 Å². The summed E-state index contributed by atoms with van der Waals surface area (Å²) >= 11 is 1.50. The van der Waals surface area contributed by atoms with Crippen LogP contribution in [0.1, 0.15) is 49.0 Å². The first kappa shape index (κ1) is 19.6. The van der Waals surface area contributed by atoms with Gasteiger partial charge in [-0.25, -0.2) is 4.98 Å². The maximum Gasteiger partial charge on any atom is 0.266 e. The summed E-state index contributed by atoms with van der Waals surface area (Å²) in [5.41, 5.74) is 1.08. The number of nitrogens with zero attached hydrogens (tertiary/aromatic N) is 1. The molecule has 0 fully saturated rings. The van der Waals surface area contributed by atoms with Crippen LogP contribution in [0.15, 0.2) is 12.1 Å². The van der Waals surface area contributed by atoms with Crippen molar-refractivity contribution in [1.82, 2.24) is 10.3 Å². The van der Waals surface area contributed by atoms with Crippen molar-refractivity contribution in [3.63, 3.8) is 0 Å². The molecule has 1 aromatic carbocycles. The van der Waals surface area contributed by atoms with Crippen molar-refractivity contribution in [2.45, 2.75) is 39.7 Å². The third kappa shape index (κ3) is 5.38. The summed E-state index contributed by atoms with van der Waals surface area (Å²) in [6, 6.07) is 3.32. The molecule has 0 bridgehead atoms. The molecule has 0 aliphatic carbocycles. The number of carbonyl (C=O) groups is 1. The van der Waals surface area contributed by atoms with Crippen molar-refractivity contribution in [2.24, 2.45) is 0 Å². The Morgan fingerprint density at radius 1 is 1.32 bits per heavy atom. The number of thiazole rings is 1. The second kappa shape index (κ2) is 7.67. The molecule has 138 valence electrons. The first-order chi connectivity index (χ1) is 11.6. The van der Waals surface area contributed by atoms with Crippen molar-refractivity contribution < 1.29 is 22.5 Å². The van der Waals surface area contributed by atoms with Crippen molar-refractivity contribution in [1.29, 1.82) is 0 Å². The highest BCUT2D eigenvalue weighted by Gasteiger charge is 2.17. The van der Waals surface area contributed by atoms with Gasteiger partial charge in [0.15, 0.2) is 0 Å². The van der Waals surface area contributed by atoms with Gasteiger partial charge in [0.2, 0.25) is 0 Å². The predicted molar refractivity (Wildman–Crippen MR) is 98.2 cm³/mol. The fourth-order valence-corrected chi connectivity index (χ4v) is 3.52. The maximum atomic E-state index is 12.3. The van der Waals surface area contributed by atoms with Crippen LogP contribution in [0, 0.1) is 0 Å². The molecule has 2 rings (SSSR count). The van der Waals surface area contributed by atoms with Crippen molar-refractivity contribution in [3.05, 3.63) is 22.7 Å². The zero-order chi connectivity index (χ0) is 18.8. The van der Waals surface area contributed by atoms with Crippen LogP contribution in [0.4, 0.5) is 0 Å². The molecule has 1 aromatic heterocycles. The Balaban J connectivity index is 2.34. The number of ether oxygens (including phenoxy) is 1. The van der Waals surface area contributed by atoms with Crippen LogP contribution < -0.4 is 10.1 Å². The highest BCUT2D eigenvalue weighted by Crippen LogP contribution is 2.34. The fourth-order valence-electron chi connectivity index (χ4n) is 2.13. The summed E-state index contributed by atoms with van der Waals surface area (Å²) in [5, 5.41) is 3.43. The van der Waals surface area contributed by atoms with Crippen molar-refractivity contribution in [2.75, 3.05) is 12.3 Å². The van der Waals surface area contributed by atoms with E-state index >= 15 is 0 Å². The number of rotatable bonds is 7. The average Bonchev–Trinajstić information content (AvgIpc) is 2.89. The Bertz CT molecular complexity index is 872. The van der Waals surface area contributed by atoms with Gasteiger partial charge >= 0.3 is 0 Å². The number of nitrogens with one attached hydrogen (secondary N) is 1. The summed E-state index contributed by atoms with van der Waals surface area (Å²) in [6.07, 6.45) is -0.0785. The largest absolute Gasteiger partial charge is 0.489 e. The van der Waals surface area contributed by atoms with Gasteiger partial charge in [-0.15, -0.1) is 11.3 Å². The van der Waals surface area contributed by atoms with E-state index in [-0.39, 0.29) is 18.6 Å². The van der Waals surface area contributed by atoms with E-state index in [2.05, 4.69) is 10.3 Å². The molecule has 0 unspecified atom stereocenters. The molecule has 2 N–H and O–H groups in total. The maximum absolute atomic E-state index is 12.3. The molecule has 0 aliphatic heterocycles. The van der Waals surface area contributed by atoms with Crippen LogP contribution in [0.3, 0.4) is 0 Å². The third-order valence-corrected chi connectivity index (χ3v) is 5.26. The summed E-state index contributed by atoms with van der Waals surface area (Å²) in [7, 11) is -4.11. The van der Waals surface area contributed by atoms with Gasteiger partial charge in [-0.2, -0.15) is 8.42 Å². The molecule has 9 heteroatoms. The van der Waals surface area contributed by atoms with E-state index in [9.17, 15) is 13.2 Å². The van der Waals surface area contributed by atoms with Gasteiger partial charge in [0.25, 0.3) is 16.0 Å². The number of hydrogen-bond donors (Lipinski definition) is 2. The fraction of sp³-hybridized carbons (Fsp3) is 0.500. The molecular formula is C16H22N2O5S2. The zero-order valence-corrected chi connectivity index (χ0v) is 16.2. The number of benzene rings is 1. The second-order valence-corrected chi connectivity index (χ2v) is 8.87. The third-order valence-electron chi connectivity index (χ3n) is 3.24. The molecule has 0 saturated heterocycles. The summed E-state index contributed by atoms with van der Waals surface area (Å²) in [4.78, 5) is 16.9. The lowest BCUT2D eigenvalue weighted by atomic mass is 10.1. The molecule has 25 heavy (non-hydrogen) atoms. The standard InChI is InChI=1S/C16H22N2O5S2/c1-9(2)16-18-14-12(23-10(3)4)7-11(8-13(14)24-16)15(19)17-5-6-25(20,21)22/h7-10H,5-6H2,1-4H3,(H,17,19)(H,20,21,22). The van der Waals surface area contributed by atoms with E-state index < -0.39 is 21.8 Å². The highest BCUT2D eigenvalue weighted by molar-refractivity contribution is 7.85. The van der Waals surface area contributed by atoms with Gasteiger partial charge in [-0.1, -0.05) is 13.8 Å². The number of aromatic nitrogens is 1. The van der Waals surface area contributed by atoms with Crippen molar-refractivity contribution in [3.8, 4) is 5.75 Å². The molecule has 0 saturated carbocycles. The molecular weight excluding hydrogens is 364 g/mol. The van der Waals surface area contributed by atoms with E-state index in [0.29, 0.717) is 11.3 Å². The lowest BCUT2D eigenvalue weighted by Gasteiger charge is -2.12. The number of carbonyl (C=O) groups excluding carboxylic acids is 1. The van der Waals surface area contributed by atoms with Gasteiger partial charge in [0.1, 0.15) is 11.3 Å². The monoisotopic (exact) mass is 386 g/mol. The van der Waals surface area contributed by atoms with Crippen LogP contribution in [-0.4, -0.2) is 42.3 Å². The topological polar surface area (TPSA) is 106 Å². The molecule has 1 heterocycles. The highest BCUT2D eigenvalue weighted by atomic mass is 32.2. The smallest absolute Gasteiger partial charge is 0.266 e. The van der Waals surface area contributed by atoms with Crippen molar-refractivity contribution >= 4 is 37.6 Å². The Hall–Kier alpha value is -1.71. The van der Waals surface area contributed by atoms with Crippen LogP contribution in [0.5, 0.6) is 5.75 Å². The zero-order valence-electron chi connectivity index (χ0n) is 14.6. The molecule has 0 spiro atoms. The van der Waals surface area contributed by atoms with E-state index in [1.54, 1.807) is 12.1 Å². The lowest BCUT2D eigenvalue weighted by molar-refractivity contribution is 0.0955. The van der Waals surface area contributed by atoms with Crippen LogP contribution in [0.2, 0.25) is 0 Å². The molecule has 2 aromatic rings. The van der Waals surface area contributed by atoms with Gasteiger partial charge in [-0.05, 0) is 26.0 Å². The van der Waals surface area contributed by atoms with E-state index in [4.69, 9.17) is 9.29 Å². The predicted octanol–water partition coefficient (Wildman–Crippen LogP) is 2.82. The van der Waals surface area contributed by atoms with E-state index in [0.717, 1.165) is 15.2 Å². The van der Waals surface area contributed by atoms with Gasteiger partial charge in [-0.3, -0.25) is 9.35 Å². The molecule has 0 radical (unpaired) electrons. The molecule has 0 atom stereocenters. The van der Waals surface area contributed by atoms with Crippen LogP contribution in [0.25, 0.3) is 10.2 Å². The van der Waals surface area contributed by atoms with E-state index in [1.807, 2.05) is 27.7 Å².